The van der Waals surface area contributed by atoms with Crippen molar-refractivity contribution in [3.05, 3.63) is 51.7 Å². The van der Waals surface area contributed by atoms with Gasteiger partial charge in [0.2, 0.25) is 10.0 Å². The molecule has 1 amide bonds. The molecule has 158 valence electrons. The van der Waals surface area contributed by atoms with Crippen LogP contribution in [0.4, 0.5) is 13.2 Å². The lowest BCUT2D eigenvalue weighted by Gasteiger charge is -2.26. The number of hydrogen-bond donors (Lipinski definition) is 0. The van der Waals surface area contributed by atoms with E-state index < -0.39 is 27.7 Å². The minimum absolute atomic E-state index is 0.0151. The summed E-state index contributed by atoms with van der Waals surface area (Å²) in [4.78, 5) is 14.3. The van der Waals surface area contributed by atoms with E-state index in [0.717, 1.165) is 23.5 Å². The molecule has 0 N–H and O–H groups in total. The summed E-state index contributed by atoms with van der Waals surface area (Å²) in [5.74, 6) is 0.936. The Bertz CT molecular complexity index is 966. The van der Waals surface area contributed by atoms with Gasteiger partial charge in [-0.25, -0.2) is 8.42 Å². The zero-order valence-corrected chi connectivity index (χ0v) is 17.9. The molecular weight excluding hydrogens is 445 g/mol. The first kappa shape index (κ1) is 22.1. The van der Waals surface area contributed by atoms with Gasteiger partial charge in [0.05, 0.1) is 5.56 Å². The lowest BCUT2D eigenvalue weighted by Crippen LogP contribution is -2.38. The van der Waals surface area contributed by atoms with Gasteiger partial charge in [0.25, 0.3) is 5.91 Å². The Balaban J connectivity index is 1.76. The van der Waals surface area contributed by atoms with E-state index in [4.69, 9.17) is 0 Å². The summed E-state index contributed by atoms with van der Waals surface area (Å²) in [7, 11) is -2.27. The molecule has 0 spiro atoms. The predicted molar refractivity (Wildman–Crippen MR) is 108 cm³/mol. The summed E-state index contributed by atoms with van der Waals surface area (Å²) in [6.45, 7) is 0.866. The number of sulfonamides is 1. The fourth-order valence-corrected chi connectivity index (χ4v) is 6.87. The highest BCUT2D eigenvalue weighted by atomic mass is 32.2. The minimum Gasteiger partial charge on any atom is -0.337 e. The van der Waals surface area contributed by atoms with Gasteiger partial charge in [-0.2, -0.15) is 29.2 Å². The number of nitrogens with zero attached hydrogens (tertiary/aromatic N) is 2. The van der Waals surface area contributed by atoms with E-state index in [2.05, 4.69) is 0 Å². The van der Waals surface area contributed by atoms with Gasteiger partial charge < -0.3 is 4.90 Å². The van der Waals surface area contributed by atoms with E-state index in [1.54, 1.807) is 17.1 Å². The molecule has 1 saturated heterocycles. The van der Waals surface area contributed by atoms with Gasteiger partial charge in [-0.3, -0.25) is 4.79 Å². The van der Waals surface area contributed by atoms with Crippen LogP contribution in [0.3, 0.4) is 0 Å². The standard InChI is InChI=1S/C18H19F3N2O3S3/c1-22(12-13-2-4-14(5-3-13)18(19,20)21)17(24)16-15(6-9-28-16)29(25,26)23-7-10-27-11-8-23/h2-6,9H,7-8,10-12H2,1H3. The molecule has 0 saturated carbocycles. The fraction of sp³-hybridized carbons (Fsp3) is 0.389. The van der Waals surface area contributed by atoms with Crippen LogP contribution >= 0.6 is 23.1 Å². The molecule has 1 aliphatic rings. The van der Waals surface area contributed by atoms with Crippen LogP contribution in [0.25, 0.3) is 0 Å². The van der Waals surface area contributed by atoms with Crippen molar-refractivity contribution < 1.29 is 26.4 Å². The highest BCUT2D eigenvalue weighted by Crippen LogP contribution is 2.30. The molecule has 2 heterocycles. The number of carbonyl (C=O) groups is 1. The quantitative estimate of drug-likeness (QED) is 0.676. The third-order valence-electron chi connectivity index (χ3n) is 4.46. The summed E-state index contributed by atoms with van der Waals surface area (Å²) < 4.78 is 65.3. The molecule has 1 aromatic heterocycles. The van der Waals surface area contributed by atoms with E-state index >= 15 is 0 Å². The summed E-state index contributed by atoms with van der Waals surface area (Å²) in [6, 6.07) is 5.97. The van der Waals surface area contributed by atoms with E-state index in [-0.39, 0.29) is 16.3 Å². The van der Waals surface area contributed by atoms with Crippen molar-refractivity contribution in [3.63, 3.8) is 0 Å². The Morgan fingerprint density at radius 3 is 2.34 bits per heavy atom. The predicted octanol–water partition coefficient (Wildman–Crippen LogP) is 3.78. The maximum Gasteiger partial charge on any atom is 0.416 e. The number of thioether (sulfide) groups is 1. The molecule has 0 atom stereocenters. The number of alkyl halides is 3. The Kier molecular flexibility index (Phi) is 6.61. The monoisotopic (exact) mass is 464 g/mol. The molecule has 1 aliphatic heterocycles. The normalized spacial score (nSPS) is 16.0. The molecule has 29 heavy (non-hydrogen) atoms. The highest BCUT2D eigenvalue weighted by molar-refractivity contribution is 7.99. The topological polar surface area (TPSA) is 57.7 Å². The van der Waals surface area contributed by atoms with Crippen molar-refractivity contribution in [1.29, 1.82) is 0 Å². The maximum atomic E-state index is 12.9. The molecule has 11 heteroatoms. The van der Waals surface area contributed by atoms with Gasteiger partial charge in [0.15, 0.2) is 0 Å². The van der Waals surface area contributed by atoms with Gasteiger partial charge >= 0.3 is 6.18 Å². The van der Waals surface area contributed by atoms with Gasteiger partial charge in [-0.15, -0.1) is 11.3 Å². The first-order valence-corrected chi connectivity index (χ1v) is 12.1. The van der Waals surface area contributed by atoms with Crippen LogP contribution in [0.5, 0.6) is 0 Å². The first-order valence-electron chi connectivity index (χ1n) is 8.67. The Hall–Kier alpha value is -1.56. The molecular formula is C18H19F3N2O3S3. The SMILES string of the molecule is CN(Cc1ccc(C(F)(F)F)cc1)C(=O)c1sccc1S(=O)(=O)N1CCSCC1. The molecule has 3 rings (SSSR count). The molecule has 1 fully saturated rings. The molecule has 0 bridgehead atoms. The van der Waals surface area contributed by atoms with Crippen molar-refractivity contribution in [1.82, 2.24) is 9.21 Å². The van der Waals surface area contributed by atoms with Gasteiger partial charge in [0.1, 0.15) is 9.77 Å². The maximum absolute atomic E-state index is 12.9. The lowest BCUT2D eigenvalue weighted by molar-refractivity contribution is -0.137. The van der Waals surface area contributed by atoms with Crippen LogP contribution in [0.1, 0.15) is 20.8 Å². The van der Waals surface area contributed by atoms with Crippen molar-refractivity contribution in [3.8, 4) is 0 Å². The molecule has 2 aromatic rings. The van der Waals surface area contributed by atoms with Crippen molar-refractivity contribution >= 4 is 39.0 Å². The number of halogens is 3. The number of thiophene rings is 1. The summed E-state index contributed by atoms with van der Waals surface area (Å²) in [5, 5.41) is 1.56. The van der Waals surface area contributed by atoms with Gasteiger partial charge in [-0.05, 0) is 29.1 Å². The minimum atomic E-state index is -4.42. The largest absolute Gasteiger partial charge is 0.416 e. The number of amides is 1. The Morgan fingerprint density at radius 2 is 1.76 bits per heavy atom. The number of hydrogen-bond acceptors (Lipinski definition) is 5. The number of benzene rings is 1. The van der Waals surface area contributed by atoms with Crippen LogP contribution in [0.15, 0.2) is 40.6 Å². The van der Waals surface area contributed by atoms with Crippen molar-refractivity contribution in [2.24, 2.45) is 0 Å². The number of rotatable bonds is 5. The van der Waals surface area contributed by atoms with Crippen molar-refractivity contribution in [2.75, 3.05) is 31.6 Å². The second kappa shape index (κ2) is 8.66. The summed E-state index contributed by atoms with van der Waals surface area (Å²) in [6.07, 6.45) is -4.42. The molecule has 0 radical (unpaired) electrons. The summed E-state index contributed by atoms with van der Waals surface area (Å²) >= 11 is 2.72. The van der Waals surface area contributed by atoms with E-state index in [0.29, 0.717) is 30.2 Å². The van der Waals surface area contributed by atoms with Crippen LogP contribution in [-0.4, -0.2) is 55.2 Å². The van der Waals surface area contributed by atoms with Crippen LogP contribution in [-0.2, 0) is 22.7 Å². The van der Waals surface area contributed by atoms with E-state index in [9.17, 15) is 26.4 Å². The Labute approximate surface area is 175 Å². The van der Waals surface area contributed by atoms with Crippen LogP contribution in [0.2, 0.25) is 0 Å². The number of carbonyl (C=O) groups excluding carboxylic acids is 1. The first-order chi connectivity index (χ1) is 13.6. The third-order valence-corrected chi connectivity index (χ3v) is 8.37. The van der Waals surface area contributed by atoms with E-state index in [1.165, 1.54) is 34.5 Å². The second-order valence-electron chi connectivity index (χ2n) is 6.49. The third kappa shape index (κ3) is 4.96. The molecule has 1 aromatic carbocycles. The zero-order valence-electron chi connectivity index (χ0n) is 15.5. The van der Waals surface area contributed by atoms with Crippen molar-refractivity contribution in [2.45, 2.75) is 17.6 Å². The Morgan fingerprint density at radius 1 is 1.14 bits per heavy atom. The second-order valence-corrected chi connectivity index (χ2v) is 10.5. The fourth-order valence-electron chi connectivity index (χ4n) is 2.90. The van der Waals surface area contributed by atoms with Crippen LogP contribution < -0.4 is 0 Å². The average molecular weight is 465 g/mol. The summed E-state index contributed by atoms with van der Waals surface area (Å²) in [5.41, 5.74) is -0.246. The zero-order chi connectivity index (χ0) is 21.2. The van der Waals surface area contributed by atoms with Gasteiger partial charge in [-0.1, -0.05) is 12.1 Å². The van der Waals surface area contributed by atoms with Crippen LogP contribution in [0, 0.1) is 0 Å². The highest BCUT2D eigenvalue weighted by Gasteiger charge is 2.32. The van der Waals surface area contributed by atoms with Gasteiger partial charge in [0, 0.05) is 38.2 Å². The average Bonchev–Trinajstić information content (AvgIpc) is 3.18. The molecule has 5 nitrogen and oxygen atoms in total. The molecule has 0 unspecified atom stereocenters. The molecule has 0 aliphatic carbocycles. The smallest absolute Gasteiger partial charge is 0.337 e. The van der Waals surface area contributed by atoms with E-state index in [1.807, 2.05) is 0 Å². The lowest BCUT2D eigenvalue weighted by atomic mass is 10.1.